The van der Waals surface area contributed by atoms with Gasteiger partial charge in [0.1, 0.15) is 6.10 Å². The molecule has 0 spiro atoms. The number of hydrogen-bond acceptors (Lipinski definition) is 4. The molecule has 2 aliphatic heterocycles. The molecule has 2 heterocycles. The normalized spacial score (nSPS) is 25.0. The zero-order valence-corrected chi connectivity index (χ0v) is 14.5. The number of hydrogen-bond donors (Lipinski definition) is 2. The number of amides is 1. The van der Waals surface area contributed by atoms with Gasteiger partial charge in [0.25, 0.3) is 0 Å². The average Bonchev–Trinajstić information content (AvgIpc) is 3.12. The lowest BCUT2D eigenvalue weighted by molar-refractivity contribution is -0.132. The number of ether oxygens (including phenoxy) is 1. The van der Waals surface area contributed by atoms with Crippen molar-refractivity contribution in [3.8, 4) is 0 Å². The van der Waals surface area contributed by atoms with Crippen molar-refractivity contribution in [2.45, 2.75) is 57.3 Å². The van der Waals surface area contributed by atoms with Crippen LogP contribution < -0.4 is 16.0 Å². The second-order valence-electron chi connectivity index (χ2n) is 6.81. The fraction of sp³-hybridized carbons (Fsp3) is 0.632. The van der Waals surface area contributed by atoms with Crippen molar-refractivity contribution in [2.24, 2.45) is 5.73 Å². The quantitative estimate of drug-likeness (QED) is 0.864. The number of benzene rings is 1. The van der Waals surface area contributed by atoms with Gasteiger partial charge in [-0.2, -0.15) is 0 Å². The van der Waals surface area contributed by atoms with Gasteiger partial charge in [0.15, 0.2) is 0 Å². The van der Waals surface area contributed by atoms with Crippen LogP contribution in [0.1, 0.15) is 38.2 Å². The van der Waals surface area contributed by atoms with E-state index < -0.39 is 0 Å². The zero-order chi connectivity index (χ0) is 16.9. The molecule has 2 fully saturated rings. The van der Waals surface area contributed by atoms with Crippen molar-refractivity contribution in [3.05, 3.63) is 29.8 Å². The Morgan fingerprint density at radius 3 is 2.67 bits per heavy atom. The van der Waals surface area contributed by atoms with Gasteiger partial charge >= 0.3 is 0 Å². The number of aryl methyl sites for hydroxylation is 1. The molecule has 2 saturated heterocycles. The fourth-order valence-corrected chi connectivity index (χ4v) is 3.75. The number of para-hydroxylation sites is 1. The number of rotatable bonds is 5. The molecule has 0 saturated carbocycles. The van der Waals surface area contributed by atoms with Gasteiger partial charge in [-0.3, -0.25) is 4.79 Å². The molecule has 0 radical (unpaired) electrons. The maximum Gasteiger partial charge on any atom is 0.249 e. The molecule has 0 bridgehead atoms. The van der Waals surface area contributed by atoms with Crippen LogP contribution in [0.3, 0.4) is 0 Å². The third-order valence-electron chi connectivity index (χ3n) is 5.22. The van der Waals surface area contributed by atoms with Crippen LogP contribution in [0.2, 0.25) is 0 Å². The maximum absolute atomic E-state index is 12.3. The summed E-state index contributed by atoms with van der Waals surface area (Å²) in [6.07, 6.45) is 4.43. The van der Waals surface area contributed by atoms with E-state index in [1.165, 1.54) is 11.3 Å². The predicted octanol–water partition coefficient (Wildman–Crippen LogP) is 1.84. The molecule has 24 heavy (non-hydrogen) atoms. The highest BCUT2D eigenvalue weighted by Gasteiger charge is 2.31. The summed E-state index contributed by atoms with van der Waals surface area (Å²) in [6.45, 7) is 4.67. The highest BCUT2D eigenvalue weighted by molar-refractivity contribution is 5.81. The number of carbonyl (C=O) groups is 1. The molecule has 3 rings (SSSR count). The Morgan fingerprint density at radius 2 is 2.00 bits per heavy atom. The largest absolute Gasteiger partial charge is 0.371 e. The summed E-state index contributed by atoms with van der Waals surface area (Å²) in [7, 11) is 0. The van der Waals surface area contributed by atoms with Crippen molar-refractivity contribution in [2.75, 3.05) is 24.5 Å². The first-order chi connectivity index (χ1) is 11.7. The molecule has 1 aromatic carbocycles. The minimum atomic E-state index is -0.308. The Kier molecular flexibility index (Phi) is 5.74. The number of carbonyl (C=O) groups excluding carboxylic acids is 1. The molecule has 2 atom stereocenters. The van der Waals surface area contributed by atoms with Crippen LogP contribution in [-0.4, -0.2) is 43.8 Å². The molecule has 1 aromatic rings. The Labute approximate surface area is 144 Å². The summed E-state index contributed by atoms with van der Waals surface area (Å²) in [6, 6.07) is 8.87. The zero-order valence-electron chi connectivity index (χ0n) is 14.5. The number of nitrogens with one attached hydrogen (secondary N) is 1. The molecule has 1 amide bonds. The Bertz CT molecular complexity index is 555. The van der Waals surface area contributed by atoms with E-state index in [1.807, 2.05) is 0 Å². The number of anilines is 1. The minimum Gasteiger partial charge on any atom is -0.371 e. The van der Waals surface area contributed by atoms with Crippen LogP contribution in [0.15, 0.2) is 24.3 Å². The van der Waals surface area contributed by atoms with E-state index in [0.29, 0.717) is 6.54 Å². The van der Waals surface area contributed by atoms with Crippen molar-refractivity contribution < 1.29 is 9.53 Å². The van der Waals surface area contributed by atoms with Crippen LogP contribution in [0.4, 0.5) is 5.69 Å². The summed E-state index contributed by atoms with van der Waals surface area (Å²) < 4.78 is 5.69. The van der Waals surface area contributed by atoms with Gasteiger partial charge in [-0.1, -0.05) is 25.1 Å². The summed E-state index contributed by atoms with van der Waals surface area (Å²) in [5.74, 6) is 0.0401. The lowest BCUT2D eigenvalue weighted by Crippen LogP contribution is -2.47. The van der Waals surface area contributed by atoms with Crippen molar-refractivity contribution in [1.82, 2.24) is 5.32 Å². The van der Waals surface area contributed by atoms with E-state index in [0.717, 1.165) is 45.2 Å². The highest BCUT2D eigenvalue weighted by Crippen LogP contribution is 2.25. The fourth-order valence-electron chi connectivity index (χ4n) is 3.75. The van der Waals surface area contributed by atoms with E-state index in [-0.39, 0.29) is 24.2 Å². The van der Waals surface area contributed by atoms with E-state index in [2.05, 4.69) is 41.4 Å². The monoisotopic (exact) mass is 331 g/mol. The lowest BCUT2D eigenvalue weighted by Gasteiger charge is -2.35. The molecular formula is C19H29N3O2. The number of piperidine rings is 1. The first-order valence-electron chi connectivity index (χ1n) is 9.20. The van der Waals surface area contributed by atoms with Crippen LogP contribution in [0.25, 0.3) is 0 Å². The third kappa shape index (κ3) is 3.90. The first kappa shape index (κ1) is 17.2. The van der Waals surface area contributed by atoms with Crippen LogP contribution in [0, 0.1) is 0 Å². The summed E-state index contributed by atoms with van der Waals surface area (Å²) in [5, 5.41) is 3.17. The Morgan fingerprint density at radius 1 is 1.25 bits per heavy atom. The highest BCUT2D eigenvalue weighted by atomic mass is 16.5. The predicted molar refractivity (Wildman–Crippen MR) is 96.1 cm³/mol. The SMILES string of the molecule is CCc1ccccc1N1CCC(NC(=O)[C@@H]2CC[C@H](CN)O2)CC1. The van der Waals surface area contributed by atoms with Crippen molar-refractivity contribution in [1.29, 1.82) is 0 Å². The molecule has 5 nitrogen and oxygen atoms in total. The molecule has 3 N–H and O–H groups in total. The third-order valence-corrected chi connectivity index (χ3v) is 5.22. The van der Waals surface area contributed by atoms with Gasteiger partial charge in [-0.15, -0.1) is 0 Å². The summed E-state index contributed by atoms with van der Waals surface area (Å²) in [5.41, 5.74) is 8.35. The van der Waals surface area contributed by atoms with Crippen LogP contribution in [0.5, 0.6) is 0 Å². The average molecular weight is 331 g/mol. The molecular weight excluding hydrogens is 302 g/mol. The smallest absolute Gasteiger partial charge is 0.249 e. The topological polar surface area (TPSA) is 67.6 Å². The molecule has 0 aromatic heterocycles. The van der Waals surface area contributed by atoms with E-state index >= 15 is 0 Å². The number of nitrogens with two attached hydrogens (primary N) is 1. The first-order valence-corrected chi connectivity index (χ1v) is 9.20. The Balaban J connectivity index is 1.49. The maximum atomic E-state index is 12.3. The van der Waals surface area contributed by atoms with E-state index in [9.17, 15) is 4.79 Å². The van der Waals surface area contributed by atoms with Crippen molar-refractivity contribution >= 4 is 11.6 Å². The molecule has 0 aliphatic carbocycles. The molecule has 0 unspecified atom stereocenters. The lowest BCUT2D eigenvalue weighted by atomic mass is 10.0. The van der Waals surface area contributed by atoms with Gasteiger partial charge in [-0.05, 0) is 43.7 Å². The van der Waals surface area contributed by atoms with E-state index in [4.69, 9.17) is 10.5 Å². The molecule has 2 aliphatic rings. The van der Waals surface area contributed by atoms with Crippen LogP contribution >= 0.6 is 0 Å². The minimum absolute atomic E-state index is 0.0401. The second kappa shape index (κ2) is 7.99. The summed E-state index contributed by atoms with van der Waals surface area (Å²) >= 11 is 0. The molecule has 5 heteroatoms. The Hall–Kier alpha value is -1.59. The van der Waals surface area contributed by atoms with Gasteiger partial charge in [-0.25, -0.2) is 0 Å². The summed E-state index contributed by atoms with van der Waals surface area (Å²) in [4.78, 5) is 14.8. The van der Waals surface area contributed by atoms with Crippen molar-refractivity contribution in [3.63, 3.8) is 0 Å². The van der Waals surface area contributed by atoms with Gasteiger partial charge in [0.05, 0.1) is 6.10 Å². The van der Waals surface area contributed by atoms with Gasteiger partial charge < -0.3 is 20.7 Å². The van der Waals surface area contributed by atoms with Gasteiger partial charge in [0, 0.05) is 31.4 Å². The standard InChI is InChI=1S/C19H29N3O2/c1-2-14-5-3-4-6-17(14)22-11-9-15(10-12-22)21-19(23)18-8-7-16(13-20)24-18/h3-6,15-16,18H,2,7-13,20H2,1H3,(H,21,23)/t16-,18+/m1/s1. The van der Waals surface area contributed by atoms with Gasteiger partial charge in [0.2, 0.25) is 5.91 Å². The second-order valence-corrected chi connectivity index (χ2v) is 6.81. The number of nitrogens with zero attached hydrogens (tertiary/aromatic N) is 1. The van der Waals surface area contributed by atoms with Crippen LogP contribution in [-0.2, 0) is 16.0 Å². The van der Waals surface area contributed by atoms with E-state index in [1.54, 1.807) is 0 Å². The molecule has 132 valence electrons.